The number of rotatable bonds is 0. The van der Waals surface area contributed by atoms with E-state index in [0.29, 0.717) is 5.54 Å². The maximum Gasteiger partial charge on any atom is 0.0278 e. The average Bonchev–Trinajstić information content (AvgIpc) is 2.19. The van der Waals surface area contributed by atoms with E-state index < -0.39 is 0 Å². The summed E-state index contributed by atoms with van der Waals surface area (Å²) < 4.78 is 0. The van der Waals surface area contributed by atoms with Crippen LogP contribution in [0.25, 0.3) is 0 Å². The minimum atomic E-state index is 0.410. The van der Waals surface area contributed by atoms with Crippen molar-refractivity contribution in [3.05, 3.63) is 0 Å². The Kier molecular flexibility index (Phi) is 1.46. The molecule has 2 unspecified atom stereocenters. The number of nitrogens with one attached hydrogen (secondary N) is 2. The summed E-state index contributed by atoms with van der Waals surface area (Å²) in [6.45, 7) is 4.66. The molecule has 0 aromatic heterocycles. The molecule has 3 heterocycles. The van der Waals surface area contributed by atoms with E-state index in [9.17, 15) is 0 Å². The Labute approximate surface area is 62.4 Å². The first-order valence-electron chi connectivity index (χ1n) is 4.27. The van der Waals surface area contributed by atoms with Crippen LogP contribution in [-0.2, 0) is 0 Å². The zero-order valence-electron chi connectivity index (χ0n) is 6.61. The molecular formula is C8H16N2. The summed E-state index contributed by atoms with van der Waals surface area (Å²) in [6, 6.07) is 0.760. The Hall–Kier alpha value is -0.0800. The van der Waals surface area contributed by atoms with Crippen molar-refractivity contribution in [1.29, 1.82) is 0 Å². The Bertz CT molecular complexity index is 120. The lowest BCUT2D eigenvalue weighted by atomic mass is 9.97. The molecule has 10 heavy (non-hydrogen) atoms. The topological polar surface area (TPSA) is 24.1 Å². The van der Waals surface area contributed by atoms with E-state index in [2.05, 4.69) is 17.6 Å². The molecule has 0 amide bonds. The van der Waals surface area contributed by atoms with Crippen LogP contribution in [0.4, 0.5) is 0 Å². The van der Waals surface area contributed by atoms with Crippen LogP contribution in [0.15, 0.2) is 0 Å². The van der Waals surface area contributed by atoms with Gasteiger partial charge in [0, 0.05) is 24.7 Å². The van der Waals surface area contributed by atoms with Crippen LogP contribution >= 0.6 is 0 Å². The molecule has 0 radical (unpaired) electrons. The molecule has 0 spiro atoms. The third-order valence-corrected chi connectivity index (χ3v) is 2.84. The van der Waals surface area contributed by atoms with Crippen LogP contribution in [0, 0.1) is 0 Å². The fourth-order valence-electron chi connectivity index (χ4n) is 1.99. The second-order valence-corrected chi connectivity index (χ2v) is 3.91. The molecule has 3 saturated heterocycles. The van der Waals surface area contributed by atoms with Gasteiger partial charge in [-0.05, 0) is 26.2 Å². The second-order valence-electron chi connectivity index (χ2n) is 3.91. The van der Waals surface area contributed by atoms with Gasteiger partial charge in [-0.2, -0.15) is 0 Å². The van der Waals surface area contributed by atoms with Crippen LogP contribution in [-0.4, -0.2) is 24.7 Å². The van der Waals surface area contributed by atoms with Crippen molar-refractivity contribution < 1.29 is 0 Å². The third-order valence-electron chi connectivity index (χ3n) is 2.84. The van der Waals surface area contributed by atoms with Gasteiger partial charge in [0.1, 0.15) is 0 Å². The highest BCUT2D eigenvalue weighted by Gasteiger charge is 2.32. The monoisotopic (exact) mass is 140 g/mol. The number of piperazine rings is 1. The summed E-state index contributed by atoms with van der Waals surface area (Å²) in [4.78, 5) is 0. The molecule has 3 aliphatic heterocycles. The highest BCUT2D eigenvalue weighted by Crippen LogP contribution is 2.22. The van der Waals surface area contributed by atoms with Crippen LogP contribution in [0.3, 0.4) is 0 Å². The highest BCUT2D eigenvalue weighted by atomic mass is 15.1. The molecular weight excluding hydrogens is 124 g/mol. The van der Waals surface area contributed by atoms with Crippen molar-refractivity contribution >= 4 is 0 Å². The van der Waals surface area contributed by atoms with E-state index in [1.54, 1.807) is 0 Å². The van der Waals surface area contributed by atoms with Gasteiger partial charge in [-0.15, -0.1) is 0 Å². The Morgan fingerprint density at radius 3 is 3.10 bits per heavy atom. The zero-order chi connectivity index (χ0) is 7.03. The maximum atomic E-state index is 3.59. The van der Waals surface area contributed by atoms with Crippen molar-refractivity contribution in [3.8, 4) is 0 Å². The van der Waals surface area contributed by atoms with E-state index in [0.717, 1.165) is 12.6 Å². The van der Waals surface area contributed by atoms with Gasteiger partial charge >= 0.3 is 0 Å². The molecule has 3 fully saturated rings. The van der Waals surface area contributed by atoms with E-state index in [4.69, 9.17) is 0 Å². The van der Waals surface area contributed by atoms with Gasteiger partial charge in [0.15, 0.2) is 0 Å². The van der Waals surface area contributed by atoms with Crippen molar-refractivity contribution in [2.75, 3.05) is 13.1 Å². The van der Waals surface area contributed by atoms with E-state index in [-0.39, 0.29) is 0 Å². The lowest BCUT2D eigenvalue weighted by Crippen LogP contribution is -2.59. The molecule has 0 saturated carbocycles. The number of fused-ring (bicyclic) bond motifs is 4. The SMILES string of the molecule is CC12CCCC(CN1)NC2. The molecule has 2 heteroatoms. The largest absolute Gasteiger partial charge is 0.311 e. The quantitative estimate of drug-likeness (QED) is 0.511. The third kappa shape index (κ3) is 1.06. The molecule has 2 atom stereocenters. The van der Waals surface area contributed by atoms with Crippen LogP contribution in [0.1, 0.15) is 26.2 Å². The van der Waals surface area contributed by atoms with E-state index in [1.165, 1.54) is 25.8 Å². The van der Waals surface area contributed by atoms with E-state index >= 15 is 0 Å². The van der Waals surface area contributed by atoms with Gasteiger partial charge in [-0.25, -0.2) is 0 Å². The minimum Gasteiger partial charge on any atom is -0.311 e. The second kappa shape index (κ2) is 2.21. The van der Waals surface area contributed by atoms with Gasteiger partial charge < -0.3 is 10.6 Å². The molecule has 0 aromatic rings. The minimum absolute atomic E-state index is 0.410. The highest BCUT2D eigenvalue weighted by molar-refractivity contribution is 4.96. The molecule has 0 aliphatic carbocycles. The van der Waals surface area contributed by atoms with Gasteiger partial charge in [-0.1, -0.05) is 0 Å². The van der Waals surface area contributed by atoms with Crippen LogP contribution in [0.2, 0.25) is 0 Å². The van der Waals surface area contributed by atoms with Gasteiger partial charge in [0.25, 0.3) is 0 Å². The van der Waals surface area contributed by atoms with Crippen LogP contribution < -0.4 is 10.6 Å². The van der Waals surface area contributed by atoms with Crippen molar-refractivity contribution in [2.45, 2.75) is 37.8 Å². The Morgan fingerprint density at radius 2 is 2.40 bits per heavy atom. The van der Waals surface area contributed by atoms with Gasteiger partial charge in [-0.3, -0.25) is 0 Å². The summed E-state index contributed by atoms with van der Waals surface area (Å²) in [5.74, 6) is 0. The predicted molar refractivity (Wildman–Crippen MR) is 42.0 cm³/mol. The molecule has 3 rings (SSSR count). The van der Waals surface area contributed by atoms with Gasteiger partial charge in [0.05, 0.1) is 0 Å². The summed E-state index contributed by atoms with van der Waals surface area (Å²) in [6.07, 6.45) is 4.10. The zero-order valence-corrected chi connectivity index (χ0v) is 6.61. The summed E-state index contributed by atoms with van der Waals surface area (Å²) in [5, 5.41) is 7.15. The smallest absolute Gasteiger partial charge is 0.0278 e. The van der Waals surface area contributed by atoms with Crippen molar-refractivity contribution in [1.82, 2.24) is 10.6 Å². The maximum absolute atomic E-state index is 3.59. The molecule has 2 bridgehead atoms. The standard InChI is InChI=1S/C8H16N2/c1-8-4-2-3-7(5-10-8)9-6-8/h7,9-10H,2-6H2,1H3. The van der Waals surface area contributed by atoms with Gasteiger partial charge in [0.2, 0.25) is 0 Å². The molecule has 2 N–H and O–H groups in total. The molecule has 3 aliphatic rings. The first-order valence-corrected chi connectivity index (χ1v) is 4.27. The Morgan fingerprint density at radius 1 is 1.50 bits per heavy atom. The van der Waals surface area contributed by atoms with Crippen LogP contribution in [0.5, 0.6) is 0 Å². The first kappa shape index (κ1) is 6.62. The lowest BCUT2D eigenvalue weighted by Gasteiger charge is -2.35. The van der Waals surface area contributed by atoms with Crippen molar-refractivity contribution in [3.63, 3.8) is 0 Å². The first-order chi connectivity index (χ1) is 4.79. The lowest BCUT2D eigenvalue weighted by molar-refractivity contribution is 0.277. The number of hydrogen-bond donors (Lipinski definition) is 2. The molecule has 58 valence electrons. The summed E-state index contributed by atoms with van der Waals surface area (Å²) in [5.41, 5.74) is 0.410. The molecule has 0 aromatic carbocycles. The fourth-order valence-corrected chi connectivity index (χ4v) is 1.99. The number of hydrogen-bond acceptors (Lipinski definition) is 2. The summed E-state index contributed by atoms with van der Waals surface area (Å²) >= 11 is 0. The fraction of sp³-hybridized carbons (Fsp3) is 1.00. The van der Waals surface area contributed by atoms with E-state index in [1.807, 2.05) is 0 Å². The normalized spacial score (nSPS) is 47.1. The average molecular weight is 140 g/mol. The Balaban J connectivity index is 2.11. The predicted octanol–water partition coefficient (Wildman–Crippen LogP) is 0.490. The van der Waals surface area contributed by atoms with Crippen molar-refractivity contribution in [2.24, 2.45) is 0 Å². The molecule has 2 nitrogen and oxygen atoms in total. The summed E-state index contributed by atoms with van der Waals surface area (Å²) in [7, 11) is 0.